The van der Waals surface area contributed by atoms with E-state index in [-0.39, 0.29) is 13.1 Å². The second-order valence-corrected chi connectivity index (χ2v) is 6.17. The Bertz CT molecular complexity index is 1090. The summed E-state index contributed by atoms with van der Waals surface area (Å²) >= 11 is 0. The minimum Gasteiger partial charge on any atom is -0.497 e. The minimum atomic E-state index is -0.636. The second kappa shape index (κ2) is 7.03. The average molecular weight is 379 g/mol. The zero-order valence-corrected chi connectivity index (χ0v) is 15.0. The number of carbonyl (C=O) groups excluding carboxylic acids is 2. The van der Waals surface area contributed by atoms with Crippen LogP contribution in [0.15, 0.2) is 59.4 Å². The van der Waals surface area contributed by atoms with Gasteiger partial charge < -0.3 is 10.1 Å². The lowest BCUT2D eigenvalue weighted by molar-refractivity contribution is -0.117. The second-order valence-electron chi connectivity index (χ2n) is 6.17. The van der Waals surface area contributed by atoms with Gasteiger partial charge in [0.05, 0.1) is 13.7 Å². The lowest BCUT2D eigenvalue weighted by Crippen LogP contribution is -2.36. The third-order valence-corrected chi connectivity index (χ3v) is 4.36. The van der Waals surface area contributed by atoms with Gasteiger partial charge in [-0.2, -0.15) is 9.67 Å². The molecule has 4 rings (SSSR count). The zero-order chi connectivity index (χ0) is 19.7. The van der Waals surface area contributed by atoms with Gasteiger partial charge in [-0.3, -0.25) is 9.69 Å². The molecule has 1 aliphatic rings. The number of amides is 2. The highest BCUT2D eigenvalue weighted by Gasteiger charge is 2.33. The van der Waals surface area contributed by atoms with Gasteiger partial charge in [0.1, 0.15) is 12.3 Å². The van der Waals surface area contributed by atoms with Gasteiger partial charge in [-0.25, -0.2) is 14.3 Å². The number of aromatic nitrogens is 3. The molecule has 2 heterocycles. The van der Waals surface area contributed by atoms with Crippen molar-refractivity contribution >= 4 is 23.3 Å². The fourth-order valence-electron chi connectivity index (χ4n) is 3.00. The maximum absolute atomic E-state index is 12.6. The summed E-state index contributed by atoms with van der Waals surface area (Å²) in [5.74, 6) is 0.550. The standard InChI is InChI=1S/C19H17N5O4/c1-28-15-9-7-13(8-10-15)20-17(25)12-23-19(27)24-16(21-23)11-22(18(24)26)14-5-3-2-4-6-14/h2-10H,11-12H2,1H3,(H,20,25). The number of anilines is 2. The molecule has 0 saturated heterocycles. The van der Waals surface area contributed by atoms with Gasteiger partial charge in [0.15, 0.2) is 5.82 Å². The Kier molecular flexibility index (Phi) is 4.40. The predicted molar refractivity (Wildman–Crippen MR) is 102 cm³/mol. The number of carbonyl (C=O) groups is 2. The molecule has 1 aliphatic heterocycles. The highest BCUT2D eigenvalue weighted by Crippen LogP contribution is 2.21. The van der Waals surface area contributed by atoms with E-state index in [1.54, 1.807) is 43.5 Å². The van der Waals surface area contributed by atoms with Gasteiger partial charge in [0.25, 0.3) is 0 Å². The zero-order valence-electron chi connectivity index (χ0n) is 15.0. The molecule has 3 aromatic rings. The normalized spacial score (nSPS) is 12.8. The monoisotopic (exact) mass is 379 g/mol. The summed E-state index contributed by atoms with van der Waals surface area (Å²) in [4.78, 5) is 38.8. The van der Waals surface area contributed by atoms with Crippen molar-refractivity contribution < 1.29 is 14.3 Å². The van der Waals surface area contributed by atoms with Crippen LogP contribution < -0.4 is 20.6 Å². The fraction of sp³-hybridized carbons (Fsp3) is 0.158. The van der Waals surface area contributed by atoms with Gasteiger partial charge in [-0.05, 0) is 36.4 Å². The number of benzene rings is 2. The summed E-state index contributed by atoms with van der Waals surface area (Å²) in [7, 11) is 1.55. The lowest BCUT2D eigenvalue weighted by atomic mass is 10.3. The maximum atomic E-state index is 12.6. The Morgan fingerprint density at radius 3 is 2.46 bits per heavy atom. The van der Waals surface area contributed by atoms with Crippen LogP contribution in [-0.4, -0.2) is 33.4 Å². The molecule has 142 valence electrons. The topological polar surface area (TPSA) is 98.5 Å². The van der Waals surface area contributed by atoms with Crippen LogP contribution in [0.5, 0.6) is 5.75 Å². The average Bonchev–Trinajstić information content (AvgIpc) is 3.19. The Balaban J connectivity index is 1.48. The Morgan fingerprint density at radius 2 is 1.82 bits per heavy atom. The Hall–Kier alpha value is -3.88. The van der Waals surface area contributed by atoms with Crippen LogP contribution in [0, 0.1) is 0 Å². The van der Waals surface area contributed by atoms with Crippen molar-refractivity contribution in [2.75, 3.05) is 17.3 Å². The molecular weight excluding hydrogens is 362 g/mol. The molecule has 0 spiro atoms. The Labute approximate surface area is 159 Å². The first-order valence-electron chi connectivity index (χ1n) is 8.56. The molecule has 1 aromatic heterocycles. The van der Waals surface area contributed by atoms with Crippen LogP contribution in [0.4, 0.5) is 16.2 Å². The van der Waals surface area contributed by atoms with Crippen LogP contribution >= 0.6 is 0 Å². The van der Waals surface area contributed by atoms with Gasteiger partial charge in [-0.1, -0.05) is 18.2 Å². The SMILES string of the molecule is COc1ccc(NC(=O)Cn2nc3n(c2=O)C(=O)N(c2ccccc2)C3)cc1. The number of hydrogen-bond acceptors (Lipinski definition) is 5. The number of hydrogen-bond donors (Lipinski definition) is 1. The van der Waals surface area contributed by atoms with Gasteiger partial charge in [0.2, 0.25) is 5.91 Å². The van der Waals surface area contributed by atoms with E-state index in [2.05, 4.69) is 10.4 Å². The molecule has 0 bridgehead atoms. The summed E-state index contributed by atoms with van der Waals surface area (Å²) in [5.41, 5.74) is 0.612. The molecule has 0 saturated carbocycles. The minimum absolute atomic E-state index is 0.172. The number of nitrogens with one attached hydrogen (secondary N) is 1. The summed E-state index contributed by atoms with van der Waals surface area (Å²) in [6.07, 6.45) is 0. The van der Waals surface area contributed by atoms with E-state index >= 15 is 0 Å². The van der Waals surface area contributed by atoms with Crippen molar-refractivity contribution in [1.82, 2.24) is 14.3 Å². The van der Waals surface area contributed by atoms with Crippen LogP contribution in [0.25, 0.3) is 0 Å². The fourth-order valence-corrected chi connectivity index (χ4v) is 3.00. The number of fused-ring (bicyclic) bond motifs is 1. The molecule has 0 radical (unpaired) electrons. The predicted octanol–water partition coefficient (Wildman–Crippen LogP) is 1.68. The molecule has 2 amide bonds. The van der Waals surface area contributed by atoms with Crippen molar-refractivity contribution in [3.8, 4) is 5.75 Å². The highest BCUT2D eigenvalue weighted by atomic mass is 16.5. The first kappa shape index (κ1) is 17.5. The smallest absolute Gasteiger partial charge is 0.354 e. The third kappa shape index (κ3) is 3.13. The van der Waals surface area contributed by atoms with Crippen molar-refractivity contribution in [1.29, 1.82) is 0 Å². The largest absolute Gasteiger partial charge is 0.497 e. The van der Waals surface area contributed by atoms with E-state index < -0.39 is 17.6 Å². The van der Waals surface area contributed by atoms with Crippen molar-refractivity contribution in [2.45, 2.75) is 13.1 Å². The number of ether oxygens (including phenoxy) is 1. The van der Waals surface area contributed by atoms with Gasteiger partial charge >= 0.3 is 11.7 Å². The van der Waals surface area contributed by atoms with Gasteiger partial charge in [0, 0.05) is 11.4 Å². The summed E-state index contributed by atoms with van der Waals surface area (Å²) in [5, 5.41) is 6.83. The van der Waals surface area contributed by atoms with E-state index in [4.69, 9.17) is 4.74 Å². The lowest BCUT2D eigenvalue weighted by Gasteiger charge is -2.14. The van der Waals surface area contributed by atoms with E-state index in [1.165, 1.54) is 4.90 Å². The first-order chi connectivity index (χ1) is 13.6. The van der Waals surface area contributed by atoms with Crippen LogP contribution in [-0.2, 0) is 17.9 Å². The summed E-state index contributed by atoms with van der Waals surface area (Å²) < 4.78 is 7.05. The van der Waals surface area contributed by atoms with E-state index in [9.17, 15) is 14.4 Å². The molecule has 1 N–H and O–H groups in total. The molecule has 0 aliphatic carbocycles. The van der Waals surface area contributed by atoms with Crippen molar-refractivity contribution in [2.24, 2.45) is 0 Å². The van der Waals surface area contributed by atoms with Gasteiger partial charge in [-0.15, -0.1) is 0 Å². The molecule has 28 heavy (non-hydrogen) atoms. The molecule has 0 unspecified atom stereocenters. The molecule has 9 nitrogen and oxygen atoms in total. The summed E-state index contributed by atoms with van der Waals surface area (Å²) in [6, 6.07) is 15.4. The highest BCUT2D eigenvalue weighted by molar-refractivity contribution is 5.96. The number of methoxy groups -OCH3 is 1. The first-order valence-corrected chi connectivity index (χ1v) is 8.56. The van der Waals surface area contributed by atoms with Crippen molar-refractivity contribution in [3.05, 3.63) is 70.9 Å². The van der Waals surface area contributed by atoms with E-state index in [1.807, 2.05) is 18.2 Å². The van der Waals surface area contributed by atoms with E-state index in [0.29, 0.717) is 22.9 Å². The summed E-state index contributed by atoms with van der Waals surface area (Å²) in [6.45, 7) is -0.116. The van der Waals surface area contributed by atoms with Crippen LogP contribution in [0.2, 0.25) is 0 Å². The van der Waals surface area contributed by atoms with Crippen LogP contribution in [0.1, 0.15) is 5.82 Å². The van der Waals surface area contributed by atoms with Crippen molar-refractivity contribution in [3.63, 3.8) is 0 Å². The number of para-hydroxylation sites is 1. The third-order valence-electron chi connectivity index (χ3n) is 4.36. The number of nitrogens with zero attached hydrogens (tertiary/aromatic N) is 4. The Morgan fingerprint density at radius 1 is 1.11 bits per heavy atom. The molecule has 0 atom stereocenters. The number of rotatable bonds is 5. The van der Waals surface area contributed by atoms with E-state index in [0.717, 1.165) is 9.25 Å². The van der Waals surface area contributed by atoms with Crippen LogP contribution in [0.3, 0.4) is 0 Å². The molecule has 9 heteroatoms. The molecule has 2 aromatic carbocycles. The molecule has 0 fully saturated rings. The molecular formula is C19H17N5O4. The maximum Gasteiger partial charge on any atom is 0.354 e. The quantitative estimate of drug-likeness (QED) is 0.727.